The van der Waals surface area contributed by atoms with Gasteiger partial charge in [-0.1, -0.05) is 53.4 Å². The van der Waals surface area contributed by atoms with Gasteiger partial charge in [0.2, 0.25) is 5.91 Å². The van der Waals surface area contributed by atoms with Crippen LogP contribution in [0.2, 0.25) is 0 Å². The second-order valence-corrected chi connectivity index (χ2v) is 9.49. The number of nitrogens with one attached hydrogen (secondary N) is 1. The molecular weight excluding hydrogens is 454 g/mol. The predicted molar refractivity (Wildman–Crippen MR) is 134 cm³/mol. The monoisotopic (exact) mass is 479 g/mol. The molecule has 2 aromatic carbocycles. The van der Waals surface area contributed by atoms with Crippen LogP contribution in [-0.2, 0) is 11.3 Å². The topological polar surface area (TPSA) is 81.9 Å². The molecule has 1 unspecified atom stereocenters. The van der Waals surface area contributed by atoms with Crippen LogP contribution in [0, 0.1) is 13.8 Å². The van der Waals surface area contributed by atoms with E-state index in [9.17, 15) is 4.79 Å². The summed E-state index contributed by atoms with van der Waals surface area (Å²) in [5, 5.41) is 12.8. The quantitative estimate of drug-likeness (QED) is 0.250. The van der Waals surface area contributed by atoms with Crippen LogP contribution in [0.3, 0.4) is 0 Å². The summed E-state index contributed by atoms with van der Waals surface area (Å²) >= 11 is 2.78. The maximum absolute atomic E-state index is 12.5. The Labute approximate surface area is 200 Å². The maximum Gasteiger partial charge on any atom is 0.236 e. The van der Waals surface area contributed by atoms with E-state index in [1.165, 1.54) is 28.7 Å². The zero-order chi connectivity index (χ0) is 23.4. The Balaban J connectivity index is 1.43. The molecule has 0 aliphatic carbocycles. The minimum atomic E-state index is -0.316. The Bertz CT molecular complexity index is 1260. The van der Waals surface area contributed by atoms with E-state index in [0.717, 1.165) is 21.5 Å². The normalized spacial score (nSPS) is 12.0. The number of aromatic nitrogens is 4. The van der Waals surface area contributed by atoms with Crippen molar-refractivity contribution >= 4 is 44.4 Å². The van der Waals surface area contributed by atoms with Crippen molar-refractivity contribution in [2.24, 2.45) is 0 Å². The average molecular weight is 480 g/mol. The highest BCUT2D eigenvalue weighted by atomic mass is 32.2. The van der Waals surface area contributed by atoms with Crippen LogP contribution in [0.4, 0.5) is 5.13 Å². The number of benzene rings is 2. The van der Waals surface area contributed by atoms with E-state index >= 15 is 0 Å². The molecule has 33 heavy (non-hydrogen) atoms. The fraction of sp³-hybridized carbons (Fsp3) is 0.250. The number of carbonyl (C=O) groups is 1. The van der Waals surface area contributed by atoms with Gasteiger partial charge >= 0.3 is 0 Å². The first-order chi connectivity index (χ1) is 16.0. The molecule has 7 nitrogen and oxygen atoms in total. The summed E-state index contributed by atoms with van der Waals surface area (Å²) in [6.07, 6.45) is 1.46. The summed E-state index contributed by atoms with van der Waals surface area (Å²) in [5.74, 6) is 1.55. The summed E-state index contributed by atoms with van der Waals surface area (Å²) in [5.41, 5.74) is 3.14. The molecule has 0 bridgehead atoms. The van der Waals surface area contributed by atoms with Gasteiger partial charge in [0, 0.05) is 6.54 Å². The molecule has 9 heteroatoms. The number of anilines is 1. The van der Waals surface area contributed by atoms with Crippen LogP contribution in [0.5, 0.6) is 5.75 Å². The molecule has 1 N–H and O–H groups in total. The van der Waals surface area contributed by atoms with Gasteiger partial charge in [0.05, 0.1) is 16.0 Å². The van der Waals surface area contributed by atoms with E-state index in [1.807, 2.05) is 54.8 Å². The van der Waals surface area contributed by atoms with Crippen molar-refractivity contribution in [1.82, 2.24) is 19.7 Å². The zero-order valence-electron chi connectivity index (χ0n) is 18.7. The smallest absolute Gasteiger partial charge is 0.236 e. The van der Waals surface area contributed by atoms with Crippen molar-refractivity contribution < 1.29 is 9.53 Å². The van der Waals surface area contributed by atoms with E-state index in [4.69, 9.17) is 4.74 Å². The van der Waals surface area contributed by atoms with Crippen LogP contribution in [0.1, 0.15) is 30.0 Å². The van der Waals surface area contributed by atoms with E-state index < -0.39 is 0 Å². The molecule has 4 aromatic rings. The molecule has 2 aromatic heterocycles. The number of thiazole rings is 1. The van der Waals surface area contributed by atoms with E-state index in [2.05, 4.69) is 40.1 Å². The Morgan fingerprint density at radius 3 is 2.85 bits per heavy atom. The lowest BCUT2D eigenvalue weighted by atomic mass is 10.1. The van der Waals surface area contributed by atoms with Crippen LogP contribution < -0.4 is 10.1 Å². The third kappa shape index (κ3) is 5.26. The molecule has 0 radical (unpaired) electrons. The lowest BCUT2D eigenvalue weighted by Gasteiger charge is -2.18. The number of amides is 1. The first-order valence-electron chi connectivity index (χ1n) is 10.5. The molecule has 170 valence electrons. The molecule has 2 heterocycles. The summed E-state index contributed by atoms with van der Waals surface area (Å²) in [6.45, 7) is 10.4. The highest BCUT2D eigenvalue weighted by Crippen LogP contribution is 2.29. The van der Waals surface area contributed by atoms with Gasteiger partial charge in [-0.25, -0.2) is 4.98 Å². The van der Waals surface area contributed by atoms with Gasteiger partial charge in [0.25, 0.3) is 0 Å². The number of allylic oxidation sites excluding steroid dienone is 1. The molecule has 0 saturated heterocycles. The summed E-state index contributed by atoms with van der Waals surface area (Å²) in [6, 6.07) is 13.8. The minimum absolute atomic E-state index is 0.145. The molecule has 0 fully saturated rings. The molecule has 1 amide bonds. The number of hydrogen-bond acceptors (Lipinski definition) is 7. The van der Waals surface area contributed by atoms with Gasteiger partial charge in [-0.2, -0.15) is 0 Å². The fourth-order valence-corrected chi connectivity index (χ4v) is 4.95. The number of para-hydroxylation sites is 1. The summed E-state index contributed by atoms with van der Waals surface area (Å²) < 4.78 is 9.16. The van der Waals surface area contributed by atoms with Gasteiger partial charge in [0.15, 0.2) is 22.2 Å². The first kappa shape index (κ1) is 23.0. The number of ether oxygens (including phenoxy) is 1. The first-order valence-corrected chi connectivity index (χ1v) is 12.3. The maximum atomic E-state index is 12.5. The second kappa shape index (κ2) is 10.2. The number of fused-ring (bicyclic) bond motifs is 1. The molecule has 4 rings (SSSR count). The summed E-state index contributed by atoms with van der Waals surface area (Å²) in [7, 11) is 0. The highest BCUT2D eigenvalue weighted by Gasteiger charge is 2.20. The van der Waals surface area contributed by atoms with E-state index in [-0.39, 0.29) is 17.8 Å². The lowest BCUT2D eigenvalue weighted by Crippen LogP contribution is -2.15. The molecule has 1 atom stereocenters. The highest BCUT2D eigenvalue weighted by molar-refractivity contribution is 7.99. The van der Waals surface area contributed by atoms with E-state index in [1.54, 1.807) is 6.08 Å². The summed E-state index contributed by atoms with van der Waals surface area (Å²) in [4.78, 5) is 17.0. The molecule has 0 spiro atoms. The SMILES string of the molecule is C=CCn1c(SCC(=O)Nc2nc3ccccc3s2)nnc1C(C)Oc1cccc(C)c1C. The minimum Gasteiger partial charge on any atom is -0.482 e. The largest absolute Gasteiger partial charge is 0.482 e. The molecule has 0 saturated carbocycles. The van der Waals surface area contributed by atoms with E-state index in [0.29, 0.717) is 22.7 Å². The lowest BCUT2D eigenvalue weighted by molar-refractivity contribution is -0.113. The second-order valence-electron chi connectivity index (χ2n) is 7.52. The Kier molecular flexibility index (Phi) is 7.10. The average Bonchev–Trinajstić information content (AvgIpc) is 3.39. The molecule has 0 aliphatic rings. The third-order valence-corrected chi connectivity index (χ3v) is 7.07. The Hall–Kier alpha value is -3.17. The predicted octanol–water partition coefficient (Wildman–Crippen LogP) is 5.56. The number of hydrogen-bond donors (Lipinski definition) is 1. The van der Waals surface area contributed by atoms with Crippen molar-refractivity contribution in [2.45, 2.75) is 38.6 Å². The van der Waals surface area contributed by atoms with Crippen LogP contribution >= 0.6 is 23.1 Å². The Morgan fingerprint density at radius 1 is 1.24 bits per heavy atom. The van der Waals surface area contributed by atoms with Crippen molar-refractivity contribution in [1.29, 1.82) is 0 Å². The number of rotatable bonds is 9. The number of aryl methyl sites for hydroxylation is 1. The van der Waals surface area contributed by atoms with Crippen LogP contribution in [-0.4, -0.2) is 31.4 Å². The number of thioether (sulfide) groups is 1. The number of nitrogens with zero attached hydrogens (tertiary/aromatic N) is 4. The van der Waals surface area contributed by atoms with Gasteiger partial charge in [-0.15, -0.1) is 16.8 Å². The Morgan fingerprint density at radius 2 is 2.06 bits per heavy atom. The molecular formula is C24H25N5O2S2. The van der Waals surface area contributed by atoms with Crippen molar-refractivity contribution in [2.75, 3.05) is 11.1 Å². The van der Waals surface area contributed by atoms with Gasteiger partial charge < -0.3 is 10.1 Å². The fourth-order valence-electron chi connectivity index (χ4n) is 3.31. The van der Waals surface area contributed by atoms with Gasteiger partial charge in [-0.05, 0) is 50.1 Å². The zero-order valence-corrected chi connectivity index (χ0v) is 20.4. The van der Waals surface area contributed by atoms with Crippen molar-refractivity contribution in [3.63, 3.8) is 0 Å². The standard InChI is InChI=1S/C24H25N5O2S2/c1-5-13-29-22(17(4)31-19-11-8-9-15(2)16(19)3)27-28-24(29)32-14-21(30)26-23-25-18-10-6-7-12-20(18)33-23/h5-12,17H,1,13-14H2,2-4H3,(H,25,26,30). The molecule has 0 aliphatic heterocycles. The van der Waals surface area contributed by atoms with Gasteiger partial charge in [-0.3, -0.25) is 9.36 Å². The third-order valence-electron chi connectivity index (χ3n) is 5.15. The van der Waals surface area contributed by atoms with Crippen molar-refractivity contribution in [3.8, 4) is 5.75 Å². The van der Waals surface area contributed by atoms with Crippen LogP contribution in [0.25, 0.3) is 10.2 Å². The number of carbonyl (C=O) groups excluding carboxylic acids is 1. The van der Waals surface area contributed by atoms with Crippen molar-refractivity contribution in [3.05, 3.63) is 72.1 Å². The van der Waals surface area contributed by atoms with Crippen LogP contribution in [0.15, 0.2) is 60.3 Å². The van der Waals surface area contributed by atoms with Gasteiger partial charge in [0.1, 0.15) is 5.75 Å².